The van der Waals surface area contributed by atoms with Crippen LogP contribution in [0.4, 0.5) is 0 Å². The molecular formula is C36H45NO5Si. The van der Waals surface area contributed by atoms with Gasteiger partial charge in [-0.15, -0.1) is 0 Å². The number of hydrogen-bond acceptors (Lipinski definition) is 4. The van der Waals surface area contributed by atoms with Crippen LogP contribution in [0.1, 0.15) is 80.6 Å². The Kier molecular flexibility index (Phi) is 9.67. The second kappa shape index (κ2) is 12.9. The Morgan fingerprint density at radius 1 is 0.907 bits per heavy atom. The zero-order chi connectivity index (χ0) is 31.4. The lowest BCUT2D eigenvalue weighted by Crippen LogP contribution is -2.42. The van der Waals surface area contributed by atoms with E-state index in [2.05, 4.69) is 58.8 Å². The average Bonchev–Trinajstić information content (AvgIpc) is 2.94. The summed E-state index contributed by atoms with van der Waals surface area (Å²) in [5.74, 6) is -0.284. The highest BCUT2D eigenvalue weighted by molar-refractivity contribution is 6.74. The molecule has 0 fully saturated rings. The van der Waals surface area contributed by atoms with Crippen LogP contribution < -0.4 is 10.3 Å². The number of nitrogens with one attached hydrogen (secondary N) is 1. The SMILES string of the molecule is CC(C)(CC[C@H](O[Si](C)(C)C(C)(C)C)c1ccc(OCc2ccccc2)c2[nH]c(=O)ccc12)Cc1cccc(C(=O)O)c1. The molecule has 0 unspecified atom stereocenters. The molecule has 228 valence electrons. The summed E-state index contributed by atoms with van der Waals surface area (Å²) in [6.07, 6.45) is 2.19. The fraction of sp³-hybridized carbons (Fsp3) is 0.389. The van der Waals surface area contributed by atoms with Crippen LogP contribution in [0, 0.1) is 5.41 Å². The van der Waals surface area contributed by atoms with Crippen LogP contribution in [0.5, 0.6) is 5.75 Å². The van der Waals surface area contributed by atoms with E-state index in [-0.39, 0.29) is 22.1 Å². The Morgan fingerprint density at radius 3 is 2.28 bits per heavy atom. The molecule has 4 rings (SSSR count). The highest BCUT2D eigenvalue weighted by Crippen LogP contribution is 2.44. The number of benzene rings is 3. The molecule has 0 amide bonds. The number of aromatic amines is 1. The van der Waals surface area contributed by atoms with E-state index >= 15 is 0 Å². The summed E-state index contributed by atoms with van der Waals surface area (Å²) in [5, 5.41) is 10.4. The average molecular weight is 600 g/mol. The second-order valence-electron chi connectivity index (χ2n) is 13.8. The summed E-state index contributed by atoms with van der Waals surface area (Å²) in [6.45, 7) is 16.1. The number of fused-ring (bicyclic) bond motifs is 1. The minimum absolute atomic E-state index is 0.0148. The van der Waals surface area contributed by atoms with Crippen molar-refractivity contribution in [2.45, 2.75) is 84.7 Å². The lowest BCUT2D eigenvalue weighted by Gasteiger charge is -2.40. The number of aromatic nitrogens is 1. The molecule has 0 bridgehead atoms. The molecule has 0 spiro atoms. The number of rotatable bonds is 12. The highest BCUT2D eigenvalue weighted by Gasteiger charge is 2.40. The standard InChI is InChI=1S/C36H45NO5Si/c1-35(2,3)43(6,7)42-30(20-21-36(4,5)23-26-14-11-15-27(22-26)34(39)40)28-16-18-31(33-29(28)17-19-32(38)37-33)41-24-25-12-9-8-10-13-25/h8-19,22,30H,20-21,23-24H2,1-7H3,(H,37,38)(H,39,40)/t30-/m0/s1. The first-order chi connectivity index (χ1) is 20.1. The predicted molar refractivity (Wildman–Crippen MR) is 176 cm³/mol. The van der Waals surface area contributed by atoms with Gasteiger partial charge in [-0.3, -0.25) is 4.79 Å². The van der Waals surface area contributed by atoms with Gasteiger partial charge in [0.2, 0.25) is 5.56 Å². The van der Waals surface area contributed by atoms with E-state index in [1.54, 1.807) is 18.2 Å². The molecule has 2 N–H and O–H groups in total. The molecule has 6 nitrogen and oxygen atoms in total. The van der Waals surface area contributed by atoms with Crippen LogP contribution in [-0.2, 0) is 17.5 Å². The van der Waals surface area contributed by atoms with Crippen LogP contribution in [0.3, 0.4) is 0 Å². The summed E-state index contributed by atoms with van der Waals surface area (Å²) < 4.78 is 13.3. The van der Waals surface area contributed by atoms with E-state index in [0.29, 0.717) is 23.4 Å². The third-order valence-electron chi connectivity index (χ3n) is 8.66. The summed E-state index contributed by atoms with van der Waals surface area (Å²) in [4.78, 5) is 27.0. The van der Waals surface area contributed by atoms with Crippen LogP contribution in [0.15, 0.2) is 83.7 Å². The van der Waals surface area contributed by atoms with Crippen molar-refractivity contribution in [2.75, 3.05) is 0 Å². The minimum Gasteiger partial charge on any atom is -0.487 e. The molecule has 0 aliphatic rings. The predicted octanol–water partition coefficient (Wildman–Crippen LogP) is 8.92. The number of H-pyrrole nitrogens is 1. The van der Waals surface area contributed by atoms with E-state index in [1.165, 1.54) is 0 Å². The number of hydrogen-bond donors (Lipinski definition) is 2. The van der Waals surface area contributed by atoms with E-state index in [9.17, 15) is 14.7 Å². The number of pyridine rings is 1. The fourth-order valence-corrected chi connectivity index (χ4v) is 6.48. The lowest BCUT2D eigenvalue weighted by atomic mass is 9.80. The van der Waals surface area contributed by atoms with Gasteiger partial charge >= 0.3 is 5.97 Å². The summed E-state index contributed by atoms with van der Waals surface area (Å²) >= 11 is 0. The van der Waals surface area contributed by atoms with Gasteiger partial charge in [0.25, 0.3) is 0 Å². The number of ether oxygens (including phenoxy) is 1. The van der Waals surface area contributed by atoms with Crippen molar-refractivity contribution >= 4 is 25.2 Å². The van der Waals surface area contributed by atoms with Crippen LogP contribution in [0.2, 0.25) is 18.1 Å². The second-order valence-corrected chi connectivity index (χ2v) is 18.5. The molecule has 1 heterocycles. The smallest absolute Gasteiger partial charge is 0.335 e. The van der Waals surface area contributed by atoms with Gasteiger partial charge < -0.3 is 19.3 Å². The maximum atomic E-state index is 12.5. The van der Waals surface area contributed by atoms with Crippen molar-refractivity contribution < 1.29 is 19.1 Å². The Hall–Kier alpha value is -3.68. The van der Waals surface area contributed by atoms with Gasteiger partial charge in [-0.25, -0.2) is 4.79 Å². The quantitative estimate of drug-likeness (QED) is 0.159. The third kappa shape index (κ3) is 8.24. The van der Waals surface area contributed by atoms with Gasteiger partial charge in [-0.2, -0.15) is 0 Å². The van der Waals surface area contributed by atoms with Crippen molar-refractivity contribution in [1.29, 1.82) is 0 Å². The van der Waals surface area contributed by atoms with Gasteiger partial charge in [0.15, 0.2) is 8.32 Å². The van der Waals surface area contributed by atoms with Crippen molar-refractivity contribution in [2.24, 2.45) is 5.41 Å². The number of aromatic carboxylic acids is 1. The van der Waals surface area contributed by atoms with Crippen LogP contribution in [-0.4, -0.2) is 24.4 Å². The molecule has 3 aromatic carbocycles. The van der Waals surface area contributed by atoms with Gasteiger partial charge in [0, 0.05) is 11.5 Å². The summed E-state index contributed by atoms with van der Waals surface area (Å²) in [6, 6.07) is 24.6. The Bertz CT molecular complexity index is 1620. The Labute approximate surface area is 256 Å². The molecule has 7 heteroatoms. The van der Waals surface area contributed by atoms with Crippen molar-refractivity contribution in [3.63, 3.8) is 0 Å². The van der Waals surface area contributed by atoms with E-state index in [1.807, 2.05) is 54.6 Å². The molecule has 1 atom stereocenters. The maximum absolute atomic E-state index is 12.5. The fourth-order valence-electron chi connectivity index (χ4n) is 5.17. The topological polar surface area (TPSA) is 88.6 Å². The van der Waals surface area contributed by atoms with Gasteiger partial charge in [0.05, 0.1) is 17.2 Å². The van der Waals surface area contributed by atoms with E-state index in [0.717, 1.165) is 41.3 Å². The van der Waals surface area contributed by atoms with Gasteiger partial charge in [-0.05, 0) is 83.8 Å². The number of carbonyl (C=O) groups is 1. The molecular weight excluding hydrogens is 554 g/mol. The monoisotopic (exact) mass is 599 g/mol. The first-order valence-electron chi connectivity index (χ1n) is 15.0. The normalized spacial score (nSPS) is 13.2. The first kappa shape index (κ1) is 32.2. The van der Waals surface area contributed by atoms with Crippen molar-refractivity contribution in [3.8, 4) is 5.75 Å². The largest absolute Gasteiger partial charge is 0.487 e. The summed E-state index contributed by atoms with van der Waals surface area (Å²) in [7, 11) is -2.18. The lowest BCUT2D eigenvalue weighted by molar-refractivity contribution is 0.0696. The zero-order valence-electron chi connectivity index (χ0n) is 26.5. The summed E-state index contributed by atoms with van der Waals surface area (Å²) in [5.41, 5.74) is 3.79. The molecule has 43 heavy (non-hydrogen) atoms. The number of carboxylic acids is 1. The van der Waals surface area contributed by atoms with Crippen molar-refractivity contribution in [1.82, 2.24) is 4.98 Å². The van der Waals surface area contributed by atoms with Crippen LogP contribution in [0.25, 0.3) is 10.9 Å². The molecule has 0 saturated heterocycles. The van der Waals surface area contributed by atoms with E-state index in [4.69, 9.17) is 9.16 Å². The number of carboxylic acid groups (broad SMARTS) is 1. The maximum Gasteiger partial charge on any atom is 0.335 e. The molecule has 4 aromatic rings. The highest BCUT2D eigenvalue weighted by atomic mass is 28.4. The third-order valence-corrected chi connectivity index (χ3v) is 13.1. The van der Waals surface area contributed by atoms with Gasteiger partial charge in [-0.1, -0.05) is 83.1 Å². The van der Waals surface area contributed by atoms with Gasteiger partial charge in [0.1, 0.15) is 12.4 Å². The molecule has 0 radical (unpaired) electrons. The molecule has 0 aliphatic heterocycles. The molecule has 0 saturated carbocycles. The Morgan fingerprint density at radius 2 is 1.60 bits per heavy atom. The van der Waals surface area contributed by atoms with Crippen molar-refractivity contribution in [3.05, 3.63) is 111 Å². The molecule has 1 aromatic heterocycles. The van der Waals surface area contributed by atoms with Crippen LogP contribution >= 0.6 is 0 Å². The Balaban J connectivity index is 1.67. The first-order valence-corrected chi connectivity index (χ1v) is 17.9. The minimum atomic E-state index is -2.18. The molecule has 0 aliphatic carbocycles. The zero-order valence-corrected chi connectivity index (χ0v) is 27.5. The van der Waals surface area contributed by atoms with E-state index < -0.39 is 14.3 Å².